The van der Waals surface area contributed by atoms with Gasteiger partial charge in [0.15, 0.2) is 0 Å². The molecule has 2 unspecified atom stereocenters. The third-order valence-corrected chi connectivity index (χ3v) is 2.63. The van der Waals surface area contributed by atoms with Crippen molar-refractivity contribution in [1.29, 1.82) is 0 Å². The van der Waals surface area contributed by atoms with Gasteiger partial charge in [-0.15, -0.1) is 0 Å². The highest BCUT2D eigenvalue weighted by Crippen LogP contribution is 2.36. The third kappa shape index (κ3) is 1.78. The van der Waals surface area contributed by atoms with Crippen LogP contribution in [0.5, 0.6) is 11.5 Å². The molecule has 0 spiro atoms. The number of benzene rings is 1. The Morgan fingerprint density at radius 1 is 1.60 bits per heavy atom. The van der Waals surface area contributed by atoms with Gasteiger partial charge in [-0.3, -0.25) is 0 Å². The van der Waals surface area contributed by atoms with Crippen molar-refractivity contribution in [3.05, 3.63) is 23.3 Å². The van der Waals surface area contributed by atoms with Crippen LogP contribution in [0.2, 0.25) is 0 Å². The zero-order chi connectivity index (χ0) is 11.0. The summed E-state index contributed by atoms with van der Waals surface area (Å²) in [6, 6.07) is 3.32. The lowest BCUT2D eigenvalue weighted by Gasteiger charge is -2.12. The molecule has 1 aromatic rings. The Morgan fingerprint density at radius 2 is 2.33 bits per heavy atom. The topological polar surface area (TPSA) is 75.7 Å². The van der Waals surface area contributed by atoms with E-state index in [1.54, 1.807) is 12.1 Å². The van der Waals surface area contributed by atoms with Gasteiger partial charge in [-0.05, 0) is 19.1 Å². The molecular formula is C11H15NO3. The van der Waals surface area contributed by atoms with Crippen molar-refractivity contribution in [2.45, 2.75) is 25.6 Å². The number of hydrogen-bond donors (Lipinski definition) is 3. The normalized spacial score (nSPS) is 20.9. The van der Waals surface area contributed by atoms with Crippen LogP contribution in [-0.4, -0.2) is 22.9 Å². The molecule has 0 aromatic heterocycles. The number of aromatic hydroxyl groups is 1. The van der Waals surface area contributed by atoms with Crippen LogP contribution >= 0.6 is 0 Å². The highest BCUT2D eigenvalue weighted by Gasteiger charge is 2.22. The van der Waals surface area contributed by atoms with Crippen LogP contribution in [0.3, 0.4) is 0 Å². The van der Waals surface area contributed by atoms with E-state index in [0.717, 1.165) is 17.7 Å². The molecule has 1 aliphatic heterocycles. The molecule has 15 heavy (non-hydrogen) atoms. The minimum Gasteiger partial charge on any atom is -0.508 e. The molecule has 2 rings (SSSR count). The van der Waals surface area contributed by atoms with Crippen molar-refractivity contribution in [2.24, 2.45) is 5.73 Å². The first-order chi connectivity index (χ1) is 7.11. The maximum absolute atomic E-state index is 9.69. The number of nitrogens with two attached hydrogens (primary N) is 1. The van der Waals surface area contributed by atoms with Gasteiger partial charge < -0.3 is 20.7 Å². The van der Waals surface area contributed by atoms with Crippen molar-refractivity contribution >= 4 is 0 Å². The fourth-order valence-corrected chi connectivity index (χ4v) is 1.86. The van der Waals surface area contributed by atoms with Gasteiger partial charge in [0.2, 0.25) is 0 Å². The molecule has 4 nitrogen and oxygen atoms in total. The summed E-state index contributed by atoms with van der Waals surface area (Å²) in [5, 5.41) is 19.3. The fourth-order valence-electron chi connectivity index (χ4n) is 1.86. The predicted octanol–water partition coefficient (Wildman–Crippen LogP) is 0.708. The largest absolute Gasteiger partial charge is 0.508 e. The second-order valence-electron chi connectivity index (χ2n) is 3.90. The van der Waals surface area contributed by atoms with Crippen molar-refractivity contribution < 1.29 is 14.9 Å². The molecule has 0 saturated carbocycles. The summed E-state index contributed by atoms with van der Waals surface area (Å²) in [5.41, 5.74) is 6.76. The third-order valence-electron chi connectivity index (χ3n) is 2.63. The first-order valence-electron chi connectivity index (χ1n) is 5.02. The lowest BCUT2D eigenvalue weighted by Crippen LogP contribution is -2.11. The predicted molar refractivity (Wildman–Crippen MR) is 55.9 cm³/mol. The smallest absolute Gasteiger partial charge is 0.123 e. The molecule has 0 radical (unpaired) electrons. The van der Waals surface area contributed by atoms with E-state index in [-0.39, 0.29) is 18.4 Å². The highest BCUT2D eigenvalue weighted by molar-refractivity contribution is 5.48. The summed E-state index contributed by atoms with van der Waals surface area (Å²) >= 11 is 0. The number of phenols is 1. The van der Waals surface area contributed by atoms with Gasteiger partial charge in [-0.1, -0.05) is 0 Å². The standard InChI is InChI=1S/C11H15NO3/c1-6-2-7-3-9(13)8(10(14)5-12)4-11(7)15-6/h3-4,6,10,13-14H,2,5,12H2,1H3. The summed E-state index contributed by atoms with van der Waals surface area (Å²) < 4.78 is 5.53. The summed E-state index contributed by atoms with van der Waals surface area (Å²) in [6.07, 6.45) is 0.0847. The molecule has 0 amide bonds. The highest BCUT2D eigenvalue weighted by atomic mass is 16.5. The van der Waals surface area contributed by atoms with Crippen LogP contribution in [0.1, 0.15) is 24.2 Å². The fraction of sp³-hybridized carbons (Fsp3) is 0.455. The quantitative estimate of drug-likeness (QED) is 0.670. The van der Waals surface area contributed by atoms with Crippen LogP contribution in [0.25, 0.3) is 0 Å². The Balaban J connectivity index is 2.39. The lowest BCUT2D eigenvalue weighted by molar-refractivity contribution is 0.181. The first kappa shape index (κ1) is 10.3. The number of aliphatic hydroxyl groups is 1. The average molecular weight is 209 g/mol. The summed E-state index contributed by atoms with van der Waals surface area (Å²) in [6.45, 7) is 2.05. The molecule has 4 heteroatoms. The Kier molecular flexibility index (Phi) is 2.54. The van der Waals surface area contributed by atoms with Crippen LogP contribution < -0.4 is 10.5 Å². The summed E-state index contributed by atoms with van der Waals surface area (Å²) in [4.78, 5) is 0. The molecule has 0 aliphatic carbocycles. The summed E-state index contributed by atoms with van der Waals surface area (Å²) in [7, 11) is 0. The minimum atomic E-state index is -0.838. The number of rotatable bonds is 2. The Bertz CT molecular complexity index is 378. The zero-order valence-electron chi connectivity index (χ0n) is 8.60. The number of aliphatic hydroxyl groups excluding tert-OH is 1. The van der Waals surface area contributed by atoms with E-state index in [4.69, 9.17) is 10.5 Å². The van der Waals surface area contributed by atoms with Gasteiger partial charge in [0, 0.05) is 24.1 Å². The Hall–Kier alpha value is -1.26. The van der Waals surface area contributed by atoms with Crippen LogP contribution in [0, 0.1) is 0 Å². The Labute approximate surface area is 88.3 Å². The first-order valence-corrected chi connectivity index (χ1v) is 5.02. The maximum atomic E-state index is 9.69. The van der Waals surface area contributed by atoms with Crippen LogP contribution in [0.4, 0.5) is 0 Å². The van der Waals surface area contributed by atoms with Gasteiger partial charge >= 0.3 is 0 Å². The zero-order valence-corrected chi connectivity index (χ0v) is 8.60. The lowest BCUT2D eigenvalue weighted by atomic mass is 10.0. The number of fused-ring (bicyclic) bond motifs is 1. The molecule has 1 aliphatic rings. The SMILES string of the molecule is CC1Cc2cc(O)c(C(O)CN)cc2O1. The second-order valence-corrected chi connectivity index (χ2v) is 3.90. The van der Waals surface area contributed by atoms with Crippen molar-refractivity contribution in [1.82, 2.24) is 0 Å². The molecular weight excluding hydrogens is 194 g/mol. The molecule has 0 bridgehead atoms. The van der Waals surface area contributed by atoms with E-state index in [2.05, 4.69) is 0 Å². The maximum Gasteiger partial charge on any atom is 0.123 e. The van der Waals surface area contributed by atoms with Gasteiger partial charge in [0.25, 0.3) is 0 Å². The summed E-state index contributed by atoms with van der Waals surface area (Å²) in [5.74, 6) is 0.826. The molecule has 0 fully saturated rings. The molecule has 2 atom stereocenters. The van der Waals surface area contributed by atoms with E-state index >= 15 is 0 Å². The van der Waals surface area contributed by atoms with E-state index in [1.807, 2.05) is 6.92 Å². The van der Waals surface area contributed by atoms with Crippen molar-refractivity contribution in [2.75, 3.05) is 6.54 Å². The number of phenolic OH excluding ortho intramolecular Hbond substituents is 1. The van der Waals surface area contributed by atoms with E-state index in [0.29, 0.717) is 5.56 Å². The molecule has 1 heterocycles. The molecule has 82 valence electrons. The average Bonchev–Trinajstić information content (AvgIpc) is 2.55. The molecule has 0 saturated heterocycles. The van der Waals surface area contributed by atoms with Gasteiger partial charge in [-0.25, -0.2) is 0 Å². The van der Waals surface area contributed by atoms with Gasteiger partial charge in [0.1, 0.15) is 17.6 Å². The van der Waals surface area contributed by atoms with Crippen molar-refractivity contribution in [3.8, 4) is 11.5 Å². The van der Waals surface area contributed by atoms with E-state index in [1.165, 1.54) is 0 Å². The molecule has 4 N–H and O–H groups in total. The van der Waals surface area contributed by atoms with Crippen LogP contribution in [0.15, 0.2) is 12.1 Å². The molecule has 1 aromatic carbocycles. The van der Waals surface area contributed by atoms with Gasteiger partial charge in [-0.2, -0.15) is 0 Å². The second kappa shape index (κ2) is 3.72. The minimum absolute atomic E-state index is 0.0852. The van der Waals surface area contributed by atoms with E-state index in [9.17, 15) is 10.2 Å². The van der Waals surface area contributed by atoms with E-state index < -0.39 is 6.10 Å². The van der Waals surface area contributed by atoms with Gasteiger partial charge in [0.05, 0.1) is 6.10 Å². The number of ether oxygens (including phenoxy) is 1. The number of hydrogen-bond acceptors (Lipinski definition) is 4. The Morgan fingerprint density at radius 3 is 3.00 bits per heavy atom. The van der Waals surface area contributed by atoms with Crippen LogP contribution in [-0.2, 0) is 6.42 Å². The van der Waals surface area contributed by atoms with Crippen molar-refractivity contribution in [3.63, 3.8) is 0 Å². The monoisotopic (exact) mass is 209 g/mol.